The zero-order valence-corrected chi connectivity index (χ0v) is 21.8. The third-order valence-electron chi connectivity index (χ3n) is 11.1. The van der Waals surface area contributed by atoms with Gasteiger partial charge in [0.05, 0.1) is 16.6 Å². The van der Waals surface area contributed by atoms with Crippen LogP contribution in [0, 0.1) is 28.6 Å². The summed E-state index contributed by atoms with van der Waals surface area (Å²) >= 11 is 0. The first kappa shape index (κ1) is 25.9. The minimum Gasteiger partial charge on any atom is -0.462 e. The average molecular weight is 503 g/mol. The summed E-state index contributed by atoms with van der Waals surface area (Å²) in [4.78, 5) is 37.0. The predicted octanol–water partition coefficient (Wildman–Crippen LogP) is 4.03. The molecule has 0 spiro atoms. The van der Waals surface area contributed by atoms with Gasteiger partial charge in [-0.15, -0.1) is 0 Å². The molecule has 0 aromatic rings. The van der Waals surface area contributed by atoms with E-state index in [1.54, 1.807) is 6.08 Å². The van der Waals surface area contributed by atoms with Gasteiger partial charge in [0.2, 0.25) is 0 Å². The second-order valence-corrected chi connectivity index (χ2v) is 12.6. The van der Waals surface area contributed by atoms with Crippen LogP contribution in [0.5, 0.6) is 0 Å². The van der Waals surface area contributed by atoms with Gasteiger partial charge < -0.3 is 24.5 Å². The Bertz CT molecular complexity index is 944. The number of cyclic esters (lactones) is 1. The lowest BCUT2D eigenvalue weighted by Gasteiger charge is -2.65. The smallest absolute Gasteiger partial charge is 0.331 e. The molecule has 4 fully saturated rings. The van der Waals surface area contributed by atoms with Crippen LogP contribution in [-0.2, 0) is 23.9 Å². The van der Waals surface area contributed by atoms with Crippen LogP contribution in [0.1, 0.15) is 97.3 Å². The van der Waals surface area contributed by atoms with E-state index in [2.05, 4.69) is 13.8 Å². The molecule has 7 heteroatoms. The first-order valence-corrected chi connectivity index (χ1v) is 14.1. The van der Waals surface area contributed by atoms with Crippen LogP contribution in [0.25, 0.3) is 0 Å². The van der Waals surface area contributed by atoms with Gasteiger partial charge in [-0.05, 0) is 81.1 Å². The van der Waals surface area contributed by atoms with Gasteiger partial charge in [0, 0.05) is 24.3 Å². The van der Waals surface area contributed by atoms with Crippen LogP contribution < -0.4 is 0 Å². The van der Waals surface area contributed by atoms with Crippen molar-refractivity contribution in [3.63, 3.8) is 0 Å². The van der Waals surface area contributed by atoms with Crippen molar-refractivity contribution < 1.29 is 34.1 Å². The quantitative estimate of drug-likeness (QED) is 0.307. The maximum atomic E-state index is 12.9. The van der Waals surface area contributed by atoms with Crippen molar-refractivity contribution >= 4 is 18.2 Å². The van der Waals surface area contributed by atoms with Crippen LogP contribution in [0.15, 0.2) is 11.6 Å². The van der Waals surface area contributed by atoms with Crippen molar-refractivity contribution in [2.45, 2.75) is 115 Å². The highest BCUT2D eigenvalue weighted by molar-refractivity contribution is 5.85. The SMILES string of the molecule is CCCCCC(=O)O[C@H]1CC[C@]2(C=O)[C@H]3CC[C@]4(C)[C@@H](C5=CC(=O)OC5)CC[C@]4(O)[C@@H]3CC[C@]2(O)C1. The zero-order valence-electron chi connectivity index (χ0n) is 21.8. The highest BCUT2D eigenvalue weighted by atomic mass is 16.5. The van der Waals surface area contributed by atoms with Gasteiger partial charge >= 0.3 is 11.9 Å². The fourth-order valence-electron chi connectivity index (χ4n) is 9.18. The van der Waals surface area contributed by atoms with Crippen molar-refractivity contribution in [1.82, 2.24) is 0 Å². The number of hydrogen-bond donors (Lipinski definition) is 2. The van der Waals surface area contributed by atoms with E-state index >= 15 is 0 Å². The van der Waals surface area contributed by atoms with Crippen molar-refractivity contribution in [1.29, 1.82) is 0 Å². The van der Waals surface area contributed by atoms with Crippen LogP contribution in [0.4, 0.5) is 0 Å². The molecule has 8 atom stereocenters. The Morgan fingerprint density at radius 1 is 1.11 bits per heavy atom. The molecule has 0 unspecified atom stereocenters. The van der Waals surface area contributed by atoms with Gasteiger partial charge in [-0.25, -0.2) is 4.79 Å². The lowest BCUT2D eigenvalue weighted by Crippen LogP contribution is -2.69. The first-order valence-electron chi connectivity index (χ1n) is 14.1. The van der Waals surface area contributed by atoms with Gasteiger partial charge in [0.25, 0.3) is 0 Å². The topological polar surface area (TPSA) is 110 Å². The number of unbranched alkanes of at least 4 members (excludes halogenated alkanes) is 2. The van der Waals surface area contributed by atoms with Gasteiger partial charge in [0.1, 0.15) is 19.0 Å². The summed E-state index contributed by atoms with van der Waals surface area (Å²) in [6.07, 6.45) is 10.8. The molecule has 2 N–H and O–H groups in total. The molecule has 0 bridgehead atoms. The maximum Gasteiger partial charge on any atom is 0.331 e. The highest BCUT2D eigenvalue weighted by Gasteiger charge is 2.71. The number of rotatable bonds is 7. The van der Waals surface area contributed by atoms with Gasteiger partial charge in [-0.1, -0.05) is 26.7 Å². The molecule has 0 aromatic carbocycles. The average Bonchev–Trinajstić information content (AvgIpc) is 3.38. The minimum absolute atomic E-state index is 0.0847. The predicted molar refractivity (Wildman–Crippen MR) is 132 cm³/mol. The van der Waals surface area contributed by atoms with Crippen molar-refractivity contribution in [2.75, 3.05) is 6.61 Å². The Hall–Kier alpha value is -1.73. The Morgan fingerprint density at radius 2 is 1.89 bits per heavy atom. The zero-order chi connectivity index (χ0) is 25.8. The molecule has 1 heterocycles. The number of ether oxygens (including phenoxy) is 2. The largest absolute Gasteiger partial charge is 0.462 e. The molecule has 7 nitrogen and oxygen atoms in total. The molecule has 5 aliphatic rings. The fraction of sp³-hybridized carbons (Fsp3) is 0.828. The summed E-state index contributed by atoms with van der Waals surface area (Å²) in [5.74, 6) is -0.623. The molecule has 0 radical (unpaired) electrons. The number of esters is 2. The lowest BCUT2D eigenvalue weighted by atomic mass is 9.41. The number of hydrogen-bond acceptors (Lipinski definition) is 7. The molecule has 4 aliphatic carbocycles. The normalized spacial score (nSPS) is 45.7. The maximum absolute atomic E-state index is 12.9. The molecular formula is C29H42O7. The molecule has 1 aliphatic heterocycles. The molecule has 200 valence electrons. The minimum atomic E-state index is -1.22. The van der Waals surface area contributed by atoms with Crippen molar-refractivity contribution in [3.05, 3.63) is 11.6 Å². The van der Waals surface area contributed by atoms with E-state index in [9.17, 15) is 24.6 Å². The van der Waals surface area contributed by atoms with Gasteiger partial charge in [-0.2, -0.15) is 0 Å². The lowest BCUT2D eigenvalue weighted by molar-refractivity contribution is -0.249. The first-order chi connectivity index (χ1) is 17.1. The molecule has 5 rings (SSSR count). The number of carbonyl (C=O) groups is 3. The Morgan fingerprint density at radius 3 is 2.58 bits per heavy atom. The second kappa shape index (κ2) is 9.23. The summed E-state index contributed by atoms with van der Waals surface area (Å²) in [6, 6.07) is 0. The van der Waals surface area contributed by atoms with E-state index in [1.807, 2.05) is 0 Å². The molecule has 36 heavy (non-hydrogen) atoms. The number of fused-ring (bicyclic) bond motifs is 5. The van der Waals surface area contributed by atoms with E-state index < -0.39 is 22.0 Å². The fourth-order valence-corrected chi connectivity index (χ4v) is 9.18. The number of carbonyl (C=O) groups excluding carboxylic acids is 3. The Kier molecular flexibility index (Phi) is 6.64. The number of aldehydes is 1. The Balaban J connectivity index is 1.35. The Labute approximate surface area is 214 Å². The third-order valence-corrected chi connectivity index (χ3v) is 11.1. The summed E-state index contributed by atoms with van der Waals surface area (Å²) in [7, 11) is 0. The van der Waals surface area contributed by atoms with Crippen LogP contribution >= 0.6 is 0 Å². The van der Waals surface area contributed by atoms with Crippen LogP contribution in [0.2, 0.25) is 0 Å². The van der Waals surface area contributed by atoms with Crippen molar-refractivity contribution in [2.24, 2.45) is 28.6 Å². The summed E-state index contributed by atoms with van der Waals surface area (Å²) < 4.78 is 10.9. The van der Waals surface area contributed by atoms with Gasteiger partial charge in [-0.3, -0.25) is 4.79 Å². The van der Waals surface area contributed by atoms with E-state index in [1.165, 1.54) is 0 Å². The van der Waals surface area contributed by atoms with Crippen LogP contribution in [0.3, 0.4) is 0 Å². The molecule has 0 saturated heterocycles. The second-order valence-electron chi connectivity index (χ2n) is 12.6. The highest BCUT2D eigenvalue weighted by Crippen LogP contribution is 2.70. The summed E-state index contributed by atoms with van der Waals surface area (Å²) in [6.45, 7) is 4.54. The summed E-state index contributed by atoms with van der Waals surface area (Å²) in [5, 5.41) is 24.3. The molecule has 0 amide bonds. The van der Waals surface area contributed by atoms with E-state index in [4.69, 9.17) is 9.47 Å². The third kappa shape index (κ3) is 3.71. The van der Waals surface area contributed by atoms with E-state index in [-0.39, 0.29) is 35.8 Å². The van der Waals surface area contributed by atoms with Crippen LogP contribution in [-0.4, -0.2) is 52.4 Å². The summed E-state index contributed by atoms with van der Waals surface area (Å²) in [5.41, 5.74) is -2.51. The standard InChI is InChI=1S/C29H42O7/c1-3-4-5-6-24(31)36-20-7-12-27(18-30)22-8-11-26(2)21(19-15-25(32)35-17-19)10-14-29(26,34)23(22)9-13-28(27,33)16-20/h15,18,20-23,33-34H,3-14,16-17H2,1-2H3/t20-,21+,22-,23+,26+,27-,28-,29-/m0/s1. The van der Waals surface area contributed by atoms with Crippen molar-refractivity contribution in [3.8, 4) is 0 Å². The van der Waals surface area contributed by atoms with E-state index in [0.29, 0.717) is 51.6 Å². The van der Waals surface area contributed by atoms with E-state index in [0.717, 1.165) is 50.4 Å². The molecule has 0 aromatic heterocycles. The molecular weight excluding hydrogens is 460 g/mol. The number of aliphatic hydroxyl groups is 2. The monoisotopic (exact) mass is 502 g/mol. The van der Waals surface area contributed by atoms with Gasteiger partial charge in [0.15, 0.2) is 0 Å². The molecule has 4 saturated carbocycles.